The maximum Gasteiger partial charge on any atom is 0.358 e. The van der Waals surface area contributed by atoms with E-state index in [4.69, 9.17) is 15.2 Å². The Hall–Kier alpha value is -3.63. The molecule has 1 aromatic carbocycles. The van der Waals surface area contributed by atoms with E-state index in [0.29, 0.717) is 23.7 Å². The lowest BCUT2D eigenvalue weighted by Crippen LogP contribution is -2.06. The highest BCUT2D eigenvalue weighted by atomic mass is 16.6. The first-order valence-corrected chi connectivity index (χ1v) is 7.15. The summed E-state index contributed by atoms with van der Waals surface area (Å²) >= 11 is 0. The minimum absolute atomic E-state index is 0.0304. The van der Waals surface area contributed by atoms with Gasteiger partial charge in [-0.05, 0) is 35.4 Å². The van der Waals surface area contributed by atoms with Gasteiger partial charge < -0.3 is 20.3 Å². The standard InChI is InChI=1S/C14H14N6O5/c1-3-24-8-5-4-7(6-9(8)23-2)11-10(14(21)22)16-19-20(11)13-12(15)17-25-18-13/h4-6H,3H2,1-2H3,(H2,15,17)(H,21,22). The molecule has 0 radical (unpaired) electrons. The monoisotopic (exact) mass is 346 g/mol. The zero-order chi connectivity index (χ0) is 18.0. The van der Waals surface area contributed by atoms with Gasteiger partial charge in [-0.15, -0.1) is 5.10 Å². The van der Waals surface area contributed by atoms with Crippen LogP contribution in [0.15, 0.2) is 22.8 Å². The van der Waals surface area contributed by atoms with Crippen LogP contribution in [0.1, 0.15) is 17.4 Å². The summed E-state index contributed by atoms with van der Waals surface area (Å²) < 4.78 is 16.5. The third-order valence-corrected chi connectivity index (χ3v) is 3.31. The molecule has 25 heavy (non-hydrogen) atoms. The summed E-state index contributed by atoms with van der Waals surface area (Å²) in [5.74, 6) is -0.338. The van der Waals surface area contributed by atoms with Crippen LogP contribution in [0.25, 0.3) is 17.1 Å². The second kappa shape index (κ2) is 6.47. The molecule has 0 amide bonds. The number of nitrogens with two attached hydrogens (primary N) is 1. The fraction of sp³-hybridized carbons (Fsp3) is 0.214. The second-order valence-corrected chi connectivity index (χ2v) is 4.78. The van der Waals surface area contributed by atoms with Crippen molar-refractivity contribution >= 4 is 11.8 Å². The molecule has 0 saturated carbocycles. The number of benzene rings is 1. The van der Waals surface area contributed by atoms with Crippen molar-refractivity contribution in [2.75, 3.05) is 19.5 Å². The summed E-state index contributed by atoms with van der Waals surface area (Å²) in [5, 5.41) is 24.0. The number of nitrogens with zero attached hydrogens (tertiary/aromatic N) is 5. The van der Waals surface area contributed by atoms with Crippen molar-refractivity contribution in [3.8, 4) is 28.6 Å². The number of rotatable bonds is 6. The first-order chi connectivity index (χ1) is 12.1. The molecule has 0 atom stereocenters. The van der Waals surface area contributed by atoms with Gasteiger partial charge in [0.05, 0.1) is 13.7 Å². The van der Waals surface area contributed by atoms with Crippen molar-refractivity contribution in [1.29, 1.82) is 0 Å². The van der Waals surface area contributed by atoms with E-state index in [2.05, 4.69) is 25.3 Å². The fourth-order valence-electron chi connectivity index (χ4n) is 2.26. The zero-order valence-electron chi connectivity index (χ0n) is 13.3. The van der Waals surface area contributed by atoms with E-state index in [1.165, 1.54) is 7.11 Å². The smallest absolute Gasteiger partial charge is 0.358 e. The molecule has 11 heteroatoms. The molecule has 0 aliphatic carbocycles. The van der Waals surface area contributed by atoms with Crippen molar-refractivity contribution in [2.24, 2.45) is 0 Å². The van der Waals surface area contributed by atoms with Gasteiger partial charge in [0, 0.05) is 5.56 Å². The van der Waals surface area contributed by atoms with Crippen LogP contribution in [0, 0.1) is 0 Å². The van der Waals surface area contributed by atoms with Crippen molar-refractivity contribution in [3.63, 3.8) is 0 Å². The van der Waals surface area contributed by atoms with Crippen molar-refractivity contribution < 1.29 is 24.0 Å². The molecule has 0 unspecified atom stereocenters. The molecular formula is C14H14N6O5. The molecule has 2 aromatic heterocycles. The van der Waals surface area contributed by atoms with Gasteiger partial charge in [0.15, 0.2) is 17.2 Å². The molecule has 0 spiro atoms. The predicted molar refractivity (Wildman–Crippen MR) is 83.7 cm³/mol. The van der Waals surface area contributed by atoms with E-state index in [1.807, 2.05) is 6.92 Å². The average molecular weight is 346 g/mol. The van der Waals surface area contributed by atoms with E-state index in [1.54, 1.807) is 18.2 Å². The fourth-order valence-corrected chi connectivity index (χ4v) is 2.26. The predicted octanol–water partition coefficient (Wildman–Crippen LogP) is 1.00. The molecule has 11 nitrogen and oxygen atoms in total. The maximum absolute atomic E-state index is 11.5. The van der Waals surface area contributed by atoms with E-state index in [0.717, 1.165) is 4.68 Å². The van der Waals surface area contributed by atoms with Crippen LogP contribution in [-0.2, 0) is 0 Å². The number of carboxylic acids is 1. The van der Waals surface area contributed by atoms with E-state index >= 15 is 0 Å². The Bertz CT molecular complexity index is 918. The Balaban J connectivity index is 2.21. The Morgan fingerprint density at radius 2 is 2.16 bits per heavy atom. The summed E-state index contributed by atoms with van der Waals surface area (Å²) in [4.78, 5) is 11.5. The lowest BCUT2D eigenvalue weighted by molar-refractivity contribution is 0.0691. The van der Waals surface area contributed by atoms with Crippen LogP contribution in [0.5, 0.6) is 11.5 Å². The number of carboxylic acid groups (broad SMARTS) is 1. The Morgan fingerprint density at radius 1 is 1.36 bits per heavy atom. The number of methoxy groups -OCH3 is 1. The van der Waals surface area contributed by atoms with Gasteiger partial charge >= 0.3 is 5.97 Å². The number of nitrogen functional groups attached to an aromatic ring is 1. The van der Waals surface area contributed by atoms with Crippen molar-refractivity contribution in [3.05, 3.63) is 23.9 Å². The summed E-state index contributed by atoms with van der Waals surface area (Å²) in [5.41, 5.74) is 6.01. The lowest BCUT2D eigenvalue weighted by atomic mass is 10.1. The van der Waals surface area contributed by atoms with Crippen LogP contribution >= 0.6 is 0 Å². The molecule has 2 heterocycles. The first kappa shape index (κ1) is 16.2. The molecule has 0 aliphatic heterocycles. The van der Waals surface area contributed by atoms with Crippen LogP contribution in [0.2, 0.25) is 0 Å². The van der Waals surface area contributed by atoms with Gasteiger partial charge in [-0.25, -0.2) is 9.42 Å². The minimum Gasteiger partial charge on any atom is -0.493 e. The average Bonchev–Trinajstić information content (AvgIpc) is 3.21. The number of carbonyl (C=O) groups is 1. The van der Waals surface area contributed by atoms with Gasteiger partial charge in [0.2, 0.25) is 11.6 Å². The quantitative estimate of drug-likeness (QED) is 0.661. The van der Waals surface area contributed by atoms with Crippen molar-refractivity contribution in [1.82, 2.24) is 25.3 Å². The van der Waals surface area contributed by atoms with Crippen LogP contribution in [0.4, 0.5) is 5.82 Å². The van der Waals surface area contributed by atoms with Gasteiger partial charge in [0.1, 0.15) is 5.69 Å². The highest BCUT2D eigenvalue weighted by Gasteiger charge is 2.25. The Labute approximate surface area is 140 Å². The number of ether oxygens (including phenoxy) is 2. The number of hydrogen-bond acceptors (Lipinski definition) is 9. The summed E-state index contributed by atoms with van der Waals surface area (Å²) in [6, 6.07) is 4.92. The summed E-state index contributed by atoms with van der Waals surface area (Å²) in [6.07, 6.45) is 0. The number of hydrogen-bond donors (Lipinski definition) is 2. The largest absolute Gasteiger partial charge is 0.493 e. The van der Waals surface area contributed by atoms with E-state index in [9.17, 15) is 9.90 Å². The molecule has 0 bridgehead atoms. The van der Waals surface area contributed by atoms with Gasteiger partial charge in [-0.3, -0.25) is 0 Å². The Morgan fingerprint density at radius 3 is 2.76 bits per heavy atom. The third kappa shape index (κ3) is 2.82. The maximum atomic E-state index is 11.5. The molecule has 130 valence electrons. The Kier molecular flexibility index (Phi) is 4.20. The SMILES string of the molecule is CCOc1ccc(-c2c(C(=O)O)nnn2-c2nonc2N)cc1OC. The van der Waals surface area contributed by atoms with Crippen LogP contribution in [-0.4, -0.2) is 50.1 Å². The molecule has 3 rings (SSSR count). The number of aromatic carboxylic acids is 1. The van der Waals surface area contributed by atoms with E-state index < -0.39 is 5.97 Å². The zero-order valence-corrected chi connectivity index (χ0v) is 13.3. The second-order valence-electron chi connectivity index (χ2n) is 4.78. The topological polar surface area (TPSA) is 151 Å². The third-order valence-electron chi connectivity index (χ3n) is 3.31. The number of aromatic nitrogens is 5. The van der Waals surface area contributed by atoms with Crippen LogP contribution in [0.3, 0.4) is 0 Å². The summed E-state index contributed by atoms with van der Waals surface area (Å²) in [7, 11) is 1.48. The molecule has 3 aromatic rings. The van der Waals surface area contributed by atoms with Gasteiger partial charge in [-0.2, -0.15) is 4.68 Å². The molecule has 3 N–H and O–H groups in total. The number of anilines is 1. The molecule has 0 aliphatic rings. The molecule has 0 saturated heterocycles. The molecular weight excluding hydrogens is 332 g/mol. The summed E-state index contributed by atoms with van der Waals surface area (Å²) in [6.45, 7) is 2.30. The first-order valence-electron chi connectivity index (χ1n) is 7.15. The van der Waals surface area contributed by atoms with Gasteiger partial charge in [0.25, 0.3) is 0 Å². The minimum atomic E-state index is -1.26. The van der Waals surface area contributed by atoms with Crippen molar-refractivity contribution in [2.45, 2.75) is 6.92 Å². The van der Waals surface area contributed by atoms with Gasteiger partial charge in [-0.1, -0.05) is 5.21 Å². The van der Waals surface area contributed by atoms with E-state index in [-0.39, 0.29) is 23.0 Å². The lowest BCUT2D eigenvalue weighted by Gasteiger charge is -2.11. The van der Waals surface area contributed by atoms with Crippen LogP contribution < -0.4 is 15.2 Å². The highest BCUT2D eigenvalue weighted by molar-refractivity contribution is 5.93. The molecule has 0 fully saturated rings. The normalized spacial score (nSPS) is 10.6. The highest BCUT2D eigenvalue weighted by Crippen LogP contribution is 2.34.